The molecule has 0 aliphatic carbocycles. The standard InChI is InChI=1S/C26H30O6/c1-4-8-21-17-30-23(15-27)25(31-16-19-9-6-5-7-10-19)24(18(21)2)32-26(28)20-11-13-22(29-3)14-12-20/h4-7,9-14,23-25,27H,1,8,15-17H2,2-3H3/t23-,24-,25-/m1/s1. The fourth-order valence-electron chi connectivity index (χ4n) is 3.64. The lowest BCUT2D eigenvalue weighted by molar-refractivity contribution is -0.125. The van der Waals surface area contributed by atoms with Gasteiger partial charge in [0.25, 0.3) is 0 Å². The van der Waals surface area contributed by atoms with Crippen molar-refractivity contribution >= 4 is 5.97 Å². The topological polar surface area (TPSA) is 74.2 Å². The molecular formula is C26H30O6. The number of hydrogen-bond acceptors (Lipinski definition) is 6. The second-order valence-corrected chi connectivity index (χ2v) is 7.63. The molecule has 0 bridgehead atoms. The lowest BCUT2D eigenvalue weighted by atomic mass is 9.97. The van der Waals surface area contributed by atoms with E-state index in [-0.39, 0.29) is 6.61 Å². The van der Waals surface area contributed by atoms with Crippen LogP contribution in [0.1, 0.15) is 29.3 Å². The number of ether oxygens (including phenoxy) is 4. The summed E-state index contributed by atoms with van der Waals surface area (Å²) < 4.78 is 23.3. The number of aliphatic hydroxyl groups excluding tert-OH is 1. The Kier molecular flexibility index (Phi) is 8.62. The van der Waals surface area contributed by atoms with Gasteiger partial charge in [-0.1, -0.05) is 36.4 Å². The molecule has 0 saturated carbocycles. The molecule has 32 heavy (non-hydrogen) atoms. The highest BCUT2D eigenvalue weighted by Crippen LogP contribution is 2.29. The largest absolute Gasteiger partial charge is 0.497 e. The van der Waals surface area contributed by atoms with Crippen LogP contribution in [-0.4, -0.2) is 49.7 Å². The number of esters is 1. The monoisotopic (exact) mass is 438 g/mol. The van der Waals surface area contributed by atoms with E-state index in [2.05, 4.69) is 6.58 Å². The molecule has 0 aromatic heterocycles. The van der Waals surface area contributed by atoms with Gasteiger partial charge in [-0.05, 0) is 54.3 Å². The number of allylic oxidation sites excluding steroid dienone is 1. The van der Waals surface area contributed by atoms with Crippen molar-refractivity contribution in [3.8, 4) is 5.75 Å². The van der Waals surface area contributed by atoms with Gasteiger partial charge < -0.3 is 24.1 Å². The van der Waals surface area contributed by atoms with Crippen molar-refractivity contribution in [2.75, 3.05) is 20.3 Å². The summed E-state index contributed by atoms with van der Waals surface area (Å²) in [5.41, 5.74) is 3.18. The van der Waals surface area contributed by atoms with Crippen molar-refractivity contribution in [3.05, 3.63) is 89.5 Å². The predicted octanol–water partition coefficient (Wildman–Crippen LogP) is 4.09. The maximum Gasteiger partial charge on any atom is 0.338 e. The van der Waals surface area contributed by atoms with Gasteiger partial charge in [0.05, 0.1) is 32.5 Å². The van der Waals surface area contributed by atoms with Gasteiger partial charge in [-0.25, -0.2) is 4.79 Å². The van der Waals surface area contributed by atoms with E-state index < -0.39 is 24.3 Å². The van der Waals surface area contributed by atoms with Crippen molar-refractivity contribution in [1.29, 1.82) is 0 Å². The zero-order chi connectivity index (χ0) is 22.9. The molecule has 0 fully saturated rings. The SMILES string of the molecule is C=CCC1=C(C)[C@@H](OC(=O)c2ccc(OC)cc2)[C@H](OCc2ccccc2)[C@@H](CO)OC1. The second kappa shape index (κ2) is 11.6. The van der Waals surface area contributed by atoms with Crippen LogP contribution >= 0.6 is 0 Å². The number of methoxy groups -OCH3 is 1. The van der Waals surface area contributed by atoms with Gasteiger partial charge in [0.15, 0.2) is 6.10 Å². The zero-order valence-electron chi connectivity index (χ0n) is 18.5. The predicted molar refractivity (Wildman–Crippen MR) is 122 cm³/mol. The Morgan fingerprint density at radius 3 is 2.53 bits per heavy atom. The van der Waals surface area contributed by atoms with E-state index in [1.807, 2.05) is 37.3 Å². The summed E-state index contributed by atoms with van der Waals surface area (Å²) >= 11 is 0. The maximum absolute atomic E-state index is 13.0. The highest BCUT2D eigenvalue weighted by atomic mass is 16.6. The highest BCUT2D eigenvalue weighted by Gasteiger charge is 2.38. The van der Waals surface area contributed by atoms with Crippen molar-refractivity contribution in [3.63, 3.8) is 0 Å². The molecule has 0 radical (unpaired) electrons. The Balaban J connectivity index is 1.89. The number of aliphatic hydroxyl groups is 1. The summed E-state index contributed by atoms with van der Waals surface area (Å²) in [6, 6.07) is 16.4. The summed E-state index contributed by atoms with van der Waals surface area (Å²) in [6.45, 7) is 6.07. The van der Waals surface area contributed by atoms with E-state index in [1.54, 1.807) is 37.5 Å². The Hall–Kier alpha value is -2.93. The van der Waals surface area contributed by atoms with Crippen molar-refractivity contribution in [2.45, 2.75) is 38.3 Å². The van der Waals surface area contributed by atoms with Crippen LogP contribution in [0, 0.1) is 0 Å². The average molecular weight is 439 g/mol. The van der Waals surface area contributed by atoms with E-state index in [0.29, 0.717) is 30.9 Å². The minimum absolute atomic E-state index is 0.259. The van der Waals surface area contributed by atoms with Crippen molar-refractivity contribution in [1.82, 2.24) is 0 Å². The summed E-state index contributed by atoms with van der Waals surface area (Å²) in [7, 11) is 1.57. The summed E-state index contributed by atoms with van der Waals surface area (Å²) in [4.78, 5) is 13.0. The third-order valence-electron chi connectivity index (χ3n) is 5.54. The number of carbonyl (C=O) groups is 1. The minimum Gasteiger partial charge on any atom is -0.497 e. The highest BCUT2D eigenvalue weighted by molar-refractivity contribution is 5.89. The molecule has 3 atom stereocenters. The molecule has 3 rings (SSSR count). The first-order chi connectivity index (χ1) is 15.6. The minimum atomic E-state index is -0.720. The van der Waals surface area contributed by atoms with Gasteiger partial charge in [0, 0.05) is 0 Å². The molecule has 2 aromatic carbocycles. The van der Waals surface area contributed by atoms with Gasteiger partial charge in [0.2, 0.25) is 0 Å². The smallest absolute Gasteiger partial charge is 0.338 e. The van der Waals surface area contributed by atoms with Crippen LogP contribution in [0.5, 0.6) is 5.75 Å². The average Bonchev–Trinajstić information content (AvgIpc) is 2.95. The molecule has 0 spiro atoms. The lowest BCUT2D eigenvalue weighted by Gasteiger charge is -2.31. The fourth-order valence-corrected chi connectivity index (χ4v) is 3.64. The third kappa shape index (κ3) is 5.85. The first kappa shape index (κ1) is 23.7. The normalized spacial score (nSPS) is 21.0. The molecule has 170 valence electrons. The molecule has 0 amide bonds. The lowest BCUT2D eigenvalue weighted by Crippen LogP contribution is -2.44. The first-order valence-electron chi connectivity index (χ1n) is 10.6. The van der Waals surface area contributed by atoms with Crippen molar-refractivity contribution in [2.24, 2.45) is 0 Å². The fraction of sp³-hybridized carbons (Fsp3) is 0.346. The molecule has 2 aromatic rings. The number of carbonyl (C=O) groups excluding carboxylic acids is 1. The van der Waals surface area contributed by atoms with E-state index in [4.69, 9.17) is 18.9 Å². The van der Waals surface area contributed by atoms with Crippen LogP contribution in [0.25, 0.3) is 0 Å². The molecule has 1 aliphatic heterocycles. The second-order valence-electron chi connectivity index (χ2n) is 7.63. The van der Waals surface area contributed by atoms with Crippen molar-refractivity contribution < 1.29 is 28.8 Å². The molecule has 6 heteroatoms. The van der Waals surface area contributed by atoms with Crippen LogP contribution in [0.15, 0.2) is 78.4 Å². The molecule has 1 N–H and O–H groups in total. The molecule has 1 aliphatic rings. The Bertz CT molecular complexity index is 919. The molecular weight excluding hydrogens is 408 g/mol. The Labute approximate surface area is 189 Å². The van der Waals surface area contributed by atoms with E-state index in [9.17, 15) is 9.90 Å². The zero-order valence-corrected chi connectivity index (χ0v) is 18.5. The summed E-state index contributed by atoms with van der Waals surface area (Å²) in [6.07, 6.45) is 0.326. The van der Waals surface area contributed by atoms with Gasteiger partial charge >= 0.3 is 5.97 Å². The Morgan fingerprint density at radius 1 is 1.19 bits per heavy atom. The van der Waals surface area contributed by atoms with Gasteiger partial charge in [-0.15, -0.1) is 6.58 Å². The molecule has 0 saturated heterocycles. The molecule has 0 unspecified atom stereocenters. The first-order valence-corrected chi connectivity index (χ1v) is 10.6. The third-order valence-corrected chi connectivity index (χ3v) is 5.54. The van der Waals surface area contributed by atoms with Gasteiger partial charge in [0.1, 0.15) is 18.0 Å². The molecule has 6 nitrogen and oxygen atoms in total. The number of benzene rings is 2. The summed E-state index contributed by atoms with van der Waals surface area (Å²) in [5.74, 6) is 0.167. The summed E-state index contributed by atoms with van der Waals surface area (Å²) in [5, 5.41) is 10.0. The van der Waals surface area contributed by atoms with Crippen LogP contribution in [0.4, 0.5) is 0 Å². The van der Waals surface area contributed by atoms with Crippen LogP contribution in [-0.2, 0) is 20.8 Å². The van der Waals surface area contributed by atoms with Gasteiger partial charge in [-0.3, -0.25) is 0 Å². The molecule has 1 heterocycles. The van der Waals surface area contributed by atoms with Crippen LogP contribution in [0.3, 0.4) is 0 Å². The van der Waals surface area contributed by atoms with E-state index in [0.717, 1.165) is 16.7 Å². The Morgan fingerprint density at radius 2 is 1.91 bits per heavy atom. The van der Waals surface area contributed by atoms with Gasteiger partial charge in [-0.2, -0.15) is 0 Å². The number of rotatable bonds is 9. The van der Waals surface area contributed by atoms with E-state index >= 15 is 0 Å². The van der Waals surface area contributed by atoms with Crippen LogP contribution in [0.2, 0.25) is 0 Å². The van der Waals surface area contributed by atoms with E-state index in [1.165, 1.54) is 0 Å². The maximum atomic E-state index is 13.0. The number of hydrogen-bond donors (Lipinski definition) is 1. The quantitative estimate of drug-likeness (QED) is 0.470. The van der Waals surface area contributed by atoms with Crippen LogP contribution < -0.4 is 4.74 Å².